The Morgan fingerprint density at radius 3 is 2.76 bits per heavy atom. The smallest absolute Gasteiger partial charge is 0.283 e. The van der Waals surface area contributed by atoms with Crippen LogP contribution in [-0.4, -0.2) is 17.9 Å². The number of amides is 1. The highest BCUT2D eigenvalue weighted by molar-refractivity contribution is 7.14. The van der Waals surface area contributed by atoms with Crippen LogP contribution >= 0.6 is 11.3 Å². The molecule has 6 nitrogen and oxygen atoms in total. The average molecular weight is 306 g/mol. The van der Waals surface area contributed by atoms with Crippen LogP contribution in [0.3, 0.4) is 0 Å². The predicted molar refractivity (Wildman–Crippen MR) is 80.8 cm³/mol. The second kappa shape index (κ2) is 6.47. The second-order valence-electron chi connectivity index (χ2n) is 4.35. The summed E-state index contributed by atoms with van der Waals surface area (Å²) in [5, 5.41) is 13.6. The maximum Gasteiger partial charge on any atom is 0.283 e. The summed E-state index contributed by atoms with van der Waals surface area (Å²) in [5.74, 6) is -0.361. The number of ether oxygens (including phenoxy) is 1. The number of hydrogen-bond donors (Lipinski definition) is 1. The summed E-state index contributed by atoms with van der Waals surface area (Å²) in [6, 6.07) is 8.57. The fourth-order valence-electron chi connectivity index (χ4n) is 1.87. The Balaban J connectivity index is 2.22. The minimum Gasteiger partial charge on any atom is -0.380 e. The van der Waals surface area contributed by atoms with Gasteiger partial charge in [0.2, 0.25) is 0 Å². The van der Waals surface area contributed by atoms with E-state index < -0.39 is 4.92 Å². The maximum atomic E-state index is 12.2. The van der Waals surface area contributed by atoms with Crippen LogP contribution in [0.25, 0.3) is 0 Å². The minimum absolute atomic E-state index is 0.0321. The third-order valence-electron chi connectivity index (χ3n) is 2.88. The topological polar surface area (TPSA) is 81.5 Å². The fourth-order valence-corrected chi connectivity index (χ4v) is 2.76. The summed E-state index contributed by atoms with van der Waals surface area (Å²) in [5.41, 5.74) is 1.45. The molecule has 1 N–H and O–H groups in total. The van der Waals surface area contributed by atoms with E-state index in [1.807, 2.05) is 12.1 Å². The first-order valence-corrected chi connectivity index (χ1v) is 6.97. The Labute approximate surface area is 125 Å². The monoisotopic (exact) mass is 306 g/mol. The molecule has 0 aliphatic rings. The van der Waals surface area contributed by atoms with Crippen LogP contribution in [0.2, 0.25) is 0 Å². The van der Waals surface area contributed by atoms with Gasteiger partial charge in [0.05, 0.1) is 21.3 Å². The Kier molecular flexibility index (Phi) is 4.66. The lowest BCUT2D eigenvalue weighted by Gasteiger charge is -2.09. The Morgan fingerprint density at radius 2 is 2.14 bits per heavy atom. The molecule has 110 valence electrons. The molecule has 0 saturated carbocycles. The van der Waals surface area contributed by atoms with Gasteiger partial charge in [-0.15, -0.1) is 11.3 Å². The van der Waals surface area contributed by atoms with E-state index in [-0.39, 0.29) is 11.6 Å². The quantitative estimate of drug-likeness (QED) is 0.678. The van der Waals surface area contributed by atoms with Crippen LogP contribution < -0.4 is 5.32 Å². The lowest BCUT2D eigenvalue weighted by atomic mass is 10.2. The molecule has 0 atom stereocenters. The molecule has 1 amide bonds. The number of methoxy groups -OCH3 is 1. The number of para-hydroxylation sites is 1. The zero-order valence-electron chi connectivity index (χ0n) is 11.6. The van der Waals surface area contributed by atoms with Crippen molar-refractivity contribution in [1.29, 1.82) is 0 Å². The highest BCUT2D eigenvalue weighted by Gasteiger charge is 2.20. The van der Waals surface area contributed by atoms with Gasteiger partial charge in [-0.05, 0) is 13.0 Å². The number of nitro groups is 1. The van der Waals surface area contributed by atoms with Gasteiger partial charge in [-0.3, -0.25) is 14.9 Å². The Bertz CT molecular complexity index is 681. The second-order valence-corrected chi connectivity index (χ2v) is 5.61. The average Bonchev–Trinajstić information content (AvgIpc) is 2.83. The molecule has 1 heterocycles. The fraction of sp³-hybridized carbons (Fsp3) is 0.214. The van der Waals surface area contributed by atoms with Gasteiger partial charge in [-0.1, -0.05) is 18.2 Å². The van der Waals surface area contributed by atoms with Crippen molar-refractivity contribution in [2.45, 2.75) is 13.5 Å². The van der Waals surface area contributed by atoms with Crippen LogP contribution in [-0.2, 0) is 11.3 Å². The van der Waals surface area contributed by atoms with Crippen molar-refractivity contribution >= 4 is 28.6 Å². The van der Waals surface area contributed by atoms with E-state index in [4.69, 9.17) is 4.74 Å². The lowest BCUT2D eigenvalue weighted by molar-refractivity contribution is -0.385. The van der Waals surface area contributed by atoms with Crippen LogP contribution in [0.4, 0.5) is 11.4 Å². The highest BCUT2D eigenvalue weighted by Crippen LogP contribution is 2.29. The molecular formula is C14H14N2O4S. The zero-order valence-corrected chi connectivity index (χ0v) is 12.4. The van der Waals surface area contributed by atoms with Gasteiger partial charge in [-0.2, -0.15) is 0 Å². The lowest BCUT2D eigenvalue weighted by Crippen LogP contribution is -2.12. The third kappa shape index (κ3) is 3.45. The van der Waals surface area contributed by atoms with Crippen LogP contribution in [0.15, 0.2) is 30.3 Å². The molecule has 21 heavy (non-hydrogen) atoms. The van der Waals surface area contributed by atoms with E-state index in [0.717, 1.165) is 16.9 Å². The molecule has 7 heteroatoms. The van der Waals surface area contributed by atoms with E-state index in [9.17, 15) is 14.9 Å². The van der Waals surface area contributed by atoms with E-state index in [0.29, 0.717) is 22.0 Å². The summed E-state index contributed by atoms with van der Waals surface area (Å²) < 4.78 is 5.07. The largest absolute Gasteiger partial charge is 0.380 e. The number of nitrogens with one attached hydrogen (secondary N) is 1. The number of thiophene rings is 1. The van der Waals surface area contributed by atoms with Crippen molar-refractivity contribution in [2.24, 2.45) is 0 Å². The molecule has 0 fully saturated rings. The molecular weight excluding hydrogens is 292 g/mol. The van der Waals surface area contributed by atoms with Crippen LogP contribution in [0, 0.1) is 17.0 Å². The third-order valence-corrected chi connectivity index (χ3v) is 3.92. The predicted octanol–water partition coefficient (Wildman–Crippen LogP) is 3.36. The Morgan fingerprint density at radius 1 is 1.43 bits per heavy atom. The van der Waals surface area contributed by atoms with Crippen molar-refractivity contribution in [3.8, 4) is 0 Å². The molecule has 0 spiro atoms. The maximum absolute atomic E-state index is 12.2. The summed E-state index contributed by atoms with van der Waals surface area (Å²) >= 11 is 1.10. The van der Waals surface area contributed by atoms with E-state index in [1.54, 1.807) is 26.2 Å². The first kappa shape index (κ1) is 15.1. The van der Waals surface area contributed by atoms with Crippen molar-refractivity contribution in [3.05, 3.63) is 55.8 Å². The van der Waals surface area contributed by atoms with Crippen LogP contribution in [0.1, 0.15) is 20.1 Å². The van der Waals surface area contributed by atoms with E-state index >= 15 is 0 Å². The normalized spacial score (nSPS) is 10.4. The SMILES string of the molecule is COCc1ccccc1NC(=O)c1cc([N+](=O)[O-])c(C)s1. The van der Waals surface area contributed by atoms with Crippen molar-refractivity contribution in [2.75, 3.05) is 12.4 Å². The molecule has 1 aromatic heterocycles. The van der Waals surface area contributed by atoms with Crippen molar-refractivity contribution < 1.29 is 14.5 Å². The molecule has 0 aliphatic carbocycles. The number of rotatable bonds is 5. The van der Waals surface area contributed by atoms with E-state index in [2.05, 4.69) is 5.32 Å². The van der Waals surface area contributed by atoms with Gasteiger partial charge in [0.25, 0.3) is 11.6 Å². The standard InChI is InChI=1S/C14H14N2O4S/c1-9-12(16(18)19)7-13(21-9)14(17)15-11-6-4-3-5-10(11)8-20-2/h3-7H,8H2,1-2H3,(H,15,17). The van der Waals surface area contributed by atoms with Gasteiger partial charge < -0.3 is 10.1 Å². The summed E-state index contributed by atoms with van der Waals surface area (Å²) in [6.45, 7) is 2.00. The number of aryl methyl sites for hydroxylation is 1. The molecule has 2 rings (SSSR count). The number of carbonyl (C=O) groups excluding carboxylic acids is 1. The van der Waals surface area contributed by atoms with Crippen molar-refractivity contribution in [1.82, 2.24) is 0 Å². The number of carbonyl (C=O) groups is 1. The van der Waals surface area contributed by atoms with Crippen LogP contribution in [0.5, 0.6) is 0 Å². The molecule has 0 unspecified atom stereocenters. The molecule has 0 bridgehead atoms. The number of benzene rings is 1. The first-order chi connectivity index (χ1) is 10.0. The molecule has 0 aliphatic heterocycles. The van der Waals surface area contributed by atoms with Gasteiger partial charge >= 0.3 is 0 Å². The first-order valence-electron chi connectivity index (χ1n) is 6.16. The zero-order chi connectivity index (χ0) is 15.4. The summed E-state index contributed by atoms with van der Waals surface area (Å²) in [4.78, 5) is 23.4. The van der Waals surface area contributed by atoms with Gasteiger partial charge in [0.15, 0.2) is 0 Å². The van der Waals surface area contributed by atoms with E-state index in [1.165, 1.54) is 6.07 Å². The molecule has 0 radical (unpaired) electrons. The van der Waals surface area contributed by atoms with Gasteiger partial charge in [0, 0.05) is 24.4 Å². The van der Waals surface area contributed by atoms with Crippen molar-refractivity contribution in [3.63, 3.8) is 0 Å². The summed E-state index contributed by atoms with van der Waals surface area (Å²) in [6.07, 6.45) is 0. The highest BCUT2D eigenvalue weighted by atomic mass is 32.1. The number of hydrogen-bond acceptors (Lipinski definition) is 5. The summed E-state index contributed by atoms with van der Waals surface area (Å²) in [7, 11) is 1.57. The minimum atomic E-state index is -0.485. The molecule has 1 aromatic carbocycles. The molecule has 2 aromatic rings. The van der Waals surface area contributed by atoms with Gasteiger partial charge in [-0.25, -0.2) is 0 Å². The Hall–Kier alpha value is -2.25. The number of anilines is 1. The number of nitrogens with zero attached hydrogens (tertiary/aromatic N) is 1. The molecule has 0 saturated heterocycles. The van der Waals surface area contributed by atoms with Gasteiger partial charge in [0.1, 0.15) is 0 Å².